The van der Waals surface area contributed by atoms with Crippen molar-refractivity contribution < 1.29 is 28.7 Å². The zero-order valence-electron chi connectivity index (χ0n) is 20.2. The zero-order valence-corrected chi connectivity index (χ0v) is 21.0. The van der Waals surface area contributed by atoms with E-state index in [4.69, 9.17) is 9.47 Å². The number of carbonyl (C=O) groups excluding carboxylic acids is 4. The van der Waals surface area contributed by atoms with Gasteiger partial charge < -0.3 is 20.1 Å². The lowest BCUT2D eigenvalue weighted by Crippen LogP contribution is -2.71. The van der Waals surface area contributed by atoms with Crippen LogP contribution in [-0.4, -0.2) is 57.1 Å². The van der Waals surface area contributed by atoms with Crippen LogP contribution in [0.4, 0.5) is 4.79 Å². The van der Waals surface area contributed by atoms with Gasteiger partial charge in [-0.2, -0.15) is 0 Å². The van der Waals surface area contributed by atoms with Crippen molar-refractivity contribution >= 4 is 35.6 Å². The summed E-state index contributed by atoms with van der Waals surface area (Å²) >= 11 is 1.43. The number of rotatable bonds is 5. The first-order valence-electron chi connectivity index (χ1n) is 11.0. The summed E-state index contributed by atoms with van der Waals surface area (Å²) in [7, 11) is 0. The molecule has 10 heteroatoms. The third kappa shape index (κ3) is 6.11. The molecule has 0 radical (unpaired) electrons. The van der Waals surface area contributed by atoms with Gasteiger partial charge in [0, 0.05) is 5.75 Å². The number of benzene rings is 1. The lowest BCUT2D eigenvalue weighted by Gasteiger charge is -2.49. The Morgan fingerprint density at radius 3 is 2.24 bits per heavy atom. The lowest BCUT2D eigenvalue weighted by molar-refractivity contribution is -0.158. The van der Waals surface area contributed by atoms with Crippen LogP contribution in [0.1, 0.15) is 53.1 Å². The van der Waals surface area contributed by atoms with E-state index in [0.717, 1.165) is 0 Å². The molecule has 2 aliphatic heterocycles. The van der Waals surface area contributed by atoms with Gasteiger partial charge in [-0.05, 0) is 53.2 Å². The molecule has 0 spiro atoms. The number of nitrogens with one attached hydrogen (secondary N) is 2. The van der Waals surface area contributed by atoms with Crippen LogP contribution >= 0.6 is 11.8 Å². The fraction of sp³-hybridized carbons (Fsp3) is 0.500. The lowest BCUT2D eigenvalue weighted by atomic mass is 10.0. The van der Waals surface area contributed by atoms with Crippen LogP contribution in [0, 0.1) is 0 Å². The minimum absolute atomic E-state index is 0.181. The number of esters is 1. The van der Waals surface area contributed by atoms with Gasteiger partial charge in [0.05, 0.1) is 0 Å². The second-order valence-corrected chi connectivity index (χ2v) is 11.1. The maximum absolute atomic E-state index is 13.2. The van der Waals surface area contributed by atoms with Crippen LogP contribution in [-0.2, 0) is 23.9 Å². The average Bonchev–Trinajstić information content (AvgIpc) is 2.73. The van der Waals surface area contributed by atoms with Crippen LogP contribution in [0.25, 0.3) is 0 Å². The van der Waals surface area contributed by atoms with Crippen molar-refractivity contribution in [2.24, 2.45) is 0 Å². The largest absolute Gasteiger partial charge is 0.455 e. The maximum atomic E-state index is 13.2. The number of carbonyl (C=O) groups is 4. The van der Waals surface area contributed by atoms with E-state index in [1.54, 1.807) is 78.0 Å². The minimum Gasteiger partial charge on any atom is -0.455 e. The van der Waals surface area contributed by atoms with Crippen LogP contribution in [0.5, 0.6) is 0 Å². The van der Waals surface area contributed by atoms with E-state index in [1.165, 1.54) is 16.7 Å². The topological polar surface area (TPSA) is 114 Å². The van der Waals surface area contributed by atoms with Crippen molar-refractivity contribution in [2.45, 2.75) is 70.2 Å². The van der Waals surface area contributed by atoms with Gasteiger partial charge in [-0.1, -0.05) is 30.3 Å². The molecule has 1 fully saturated rings. The molecular weight excluding hydrogens is 458 g/mol. The van der Waals surface area contributed by atoms with Crippen molar-refractivity contribution in [3.05, 3.63) is 47.7 Å². The highest BCUT2D eigenvalue weighted by Crippen LogP contribution is 2.38. The van der Waals surface area contributed by atoms with E-state index in [2.05, 4.69) is 10.6 Å². The first-order valence-corrected chi connectivity index (χ1v) is 12.0. The highest BCUT2D eigenvalue weighted by atomic mass is 32.2. The van der Waals surface area contributed by atoms with Crippen molar-refractivity contribution in [3.63, 3.8) is 0 Å². The second-order valence-electron chi connectivity index (χ2n) is 10.00. The molecule has 1 aromatic rings. The molecule has 0 aromatic heterocycles. The van der Waals surface area contributed by atoms with Gasteiger partial charge in [0.15, 0.2) is 0 Å². The van der Waals surface area contributed by atoms with E-state index in [9.17, 15) is 19.2 Å². The van der Waals surface area contributed by atoms with Crippen molar-refractivity contribution in [1.29, 1.82) is 0 Å². The van der Waals surface area contributed by atoms with Crippen molar-refractivity contribution in [3.8, 4) is 0 Å². The summed E-state index contributed by atoms with van der Waals surface area (Å²) in [6.45, 7) is 10.4. The Balaban J connectivity index is 1.73. The second kappa shape index (κ2) is 9.69. The highest BCUT2D eigenvalue weighted by Gasteiger charge is 2.53. The molecule has 1 saturated heterocycles. The summed E-state index contributed by atoms with van der Waals surface area (Å²) < 4.78 is 10.7. The van der Waals surface area contributed by atoms with Crippen molar-refractivity contribution in [2.75, 3.05) is 5.75 Å². The number of hydrogen-bond donors (Lipinski definition) is 2. The summed E-state index contributed by atoms with van der Waals surface area (Å²) in [6.07, 6.45) is 0.905. The number of amides is 3. The number of alkyl carbamates (subject to hydrolysis) is 1. The quantitative estimate of drug-likeness (QED) is 0.483. The molecule has 0 unspecified atom stereocenters. The molecule has 3 amide bonds. The number of nitrogens with zero attached hydrogens (tertiary/aromatic N) is 1. The summed E-state index contributed by atoms with van der Waals surface area (Å²) in [6, 6.07) is 6.80. The van der Waals surface area contributed by atoms with Crippen LogP contribution in [0.15, 0.2) is 42.1 Å². The van der Waals surface area contributed by atoms with Gasteiger partial charge in [-0.25, -0.2) is 9.59 Å². The fourth-order valence-electron chi connectivity index (χ4n) is 3.47. The Bertz CT molecular complexity index is 996. The fourth-order valence-corrected chi connectivity index (χ4v) is 4.66. The molecule has 3 atom stereocenters. The summed E-state index contributed by atoms with van der Waals surface area (Å²) in [5.41, 5.74) is -0.716. The smallest absolute Gasteiger partial charge is 0.408 e. The molecule has 0 bridgehead atoms. The predicted octanol–water partition coefficient (Wildman–Crippen LogP) is 2.88. The molecular formula is C24H31N3O6S. The number of thioether (sulfide) groups is 1. The molecule has 2 heterocycles. The first-order chi connectivity index (χ1) is 15.8. The molecule has 3 rings (SSSR count). The van der Waals surface area contributed by atoms with E-state index in [1.807, 2.05) is 0 Å². The molecule has 34 heavy (non-hydrogen) atoms. The Kier molecular flexibility index (Phi) is 7.30. The predicted molar refractivity (Wildman–Crippen MR) is 128 cm³/mol. The Morgan fingerprint density at radius 2 is 1.65 bits per heavy atom. The average molecular weight is 490 g/mol. The Labute approximate surface area is 203 Å². The molecule has 1 aromatic carbocycles. The third-order valence-corrected chi connectivity index (χ3v) is 5.99. The summed E-state index contributed by atoms with van der Waals surface area (Å²) in [5, 5.41) is 4.89. The molecule has 2 N–H and O–H groups in total. The SMILES string of the molecule is CC(C)(C)OC(=O)N[C@H](C(=O)N[C@@H]1C(=O)N2C(C(=O)OC(C)(C)C)=CCS[C@@H]12)c1ccccc1. The van der Waals surface area contributed by atoms with E-state index < -0.39 is 52.5 Å². The number of β-lactam (4-membered cyclic amide) rings is 1. The Morgan fingerprint density at radius 1 is 1.03 bits per heavy atom. The van der Waals surface area contributed by atoms with E-state index in [-0.39, 0.29) is 5.70 Å². The number of ether oxygens (including phenoxy) is 2. The summed E-state index contributed by atoms with van der Waals surface area (Å²) in [4.78, 5) is 52.4. The van der Waals surface area contributed by atoms with Gasteiger partial charge in [0.25, 0.3) is 5.91 Å². The van der Waals surface area contributed by atoms with Gasteiger partial charge in [-0.15, -0.1) is 11.8 Å². The summed E-state index contributed by atoms with van der Waals surface area (Å²) in [5.74, 6) is -1.05. The highest BCUT2D eigenvalue weighted by molar-refractivity contribution is 8.00. The van der Waals surface area contributed by atoms with Crippen LogP contribution in [0.2, 0.25) is 0 Å². The van der Waals surface area contributed by atoms with Gasteiger partial charge in [-0.3, -0.25) is 14.5 Å². The zero-order chi connectivity index (χ0) is 25.3. The van der Waals surface area contributed by atoms with Gasteiger partial charge in [0.2, 0.25) is 5.91 Å². The minimum atomic E-state index is -1.06. The molecule has 2 aliphatic rings. The van der Waals surface area contributed by atoms with Crippen LogP contribution in [0.3, 0.4) is 0 Å². The third-order valence-electron chi connectivity index (χ3n) is 4.81. The molecule has 184 valence electrons. The molecule has 0 aliphatic carbocycles. The van der Waals surface area contributed by atoms with Crippen LogP contribution < -0.4 is 10.6 Å². The van der Waals surface area contributed by atoms with Gasteiger partial charge >= 0.3 is 12.1 Å². The first kappa shape index (κ1) is 25.6. The molecule has 0 saturated carbocycles. The monoisotopic (exact) mass is 489 g/mol. The standard InChI is InChI=1S/C24H31N3O6S/c1-23(2,3)32-21(30)15-12-13-34-20-17(19(29)27(15)20)25-18(28)16(14-10-8-7-9-11-14)26-22(31)33-24(4,5)6/h7-12,16-17,20H,13H2,1-6H3,(H,25,28)(H,26,31)/t16-,17+,20-/m0/s1. The molecule has 9 nitrogen and oxygen atoms in total. The van der Waals surface area contributed by atoms with Gasteiger partial charge in [0.1, 0.15) is 34.4 Å². The normalized spacial score (nSPS) is 20.8. The number of fused-ring (bicyclic) bond motifs is 1. The van der Waals surface area contributed by atoms with E-state index in [0.29, 0.717) is 11.3 Å². The van der Waals surface area contributed by atoms with Crippen molar-refractivity contribution in [1.82, 2.24) is 15.5 Å². The Hall–Kier alpha value is -3.01. The van der Waals surface area contributed by atoms with E-state index >= 15 is 0 Å². The maximum Gasteiger partial charge on any atom is 0.408 e. The number of hydrogen-bond acceptors (Lipinski definition) is 7.